The number of benzene rings is 1. The van der Waals surface area contributed by atoms with E-state index in [0.717, 1.165) is 18.7 Å². The zero-order valence-electron chi connectivity index (χ0n) is 14.0. The van der Waals surface area contributed by atoms with E-state index >= 15 is 0 Å². The van der Waals surface area contributed by atoms with Crippen LogP contribution in [0.5, 0.6) is 0 Å². The lowest BCUT2D eigenvalue weighted by atomic mass is 10.2. The minimum Gasteiger partial charge on any atom is -0.336 e. The van der Waals surface area contributed by atoms with E-state index in [1.807, 2.05) is 4.90 Å². The molecule has 0 spiro atoms. The molecule has 1 fully saturated rings. The Morgan fingerprint density at radius 2 is 2.04 bits per heavy atom. The van der Waals surface area contributed by atoms with Crippen LogP contribution in [-0.2, 0) is 6.54 Å². The third-order valence-corrected chi connectivity index (χ3v) is 4.93. The predicted molar refractivity (Wildman–Crippen MR) is 95.6 cm³/mol. The normalized spacial score (nSPS) is 15.5. The van der Waals surface area contributed by atoms with Crippen molar-refractivity contribution in [1.29, 1.82) is 0 Å². The van der Waals surface area contributed by atoms with Gasteiger partial charge in [0.15, 0.2) is 5.65 Å². The van der Waals surface area contributed by atoms with Crippen molar-refractivity contribution in [2.75, 3.05) is 26.2 Å². The maximum absolute atomic E-state index is 13.2. The van der Waals surface area contributed by atoms with E-state index in [4.69, 9.17) is 11.6 Å². The minimum atomic E-state index is -0.337. The summed E-state index contributed by atoms with van der Waals surface area (Å²) in [6, 6.07) is 6.22. The molecule has 6 nitrogen and oxygen atoms in total. The number of piperazine rings is 1. The van der Waals surface area contributed by atoms with E-state index in [2.05, 4.69) is 15.0 Å². The van der Waals surface area contributed by atoms with Crippen molar-refractivity contribution in [2.24, 2.45) is 0 Å². The lowest BCUT2D eigenvalue weighted by Crippen LogP contribution is -2.48. The van der Waals surface area contributed by atoms with Gasteiger partial charge >= 0.3 is 0 Å². The SMILES string of the molecule is O=C(c1cnn2cccnc12)N1CCN(Cc2ccc(F)cc2Cl)CC1. The van der Waals surface area contributed by atoms with Crippen molar-refractivity contribution in [3.8, 4) is 0 Å². The van der Waals surface area contributed by atoms with E-state index in [9.17, 15) is 9.18 Å². The summed E-state index contributed by atoms with van der Waals surface area (Å²) in [6.07, 6.45) is 4.98. The molecule has 0 radical (unpaired) electrons. The Hall–Kier alpha value is -2.51. The number of aromatic nitrogens is 3. The molecule has 0 unspecified atom stereocenters. The van der Waals surface area contributed by atoms with Gasteiger partial charge in [0, 0.05) is 50.1 Å². The Bertz CT molecular complexity index is 952. The van der Waals surface area contributed by atoms with Crippen molar-refractivity contribution >= 4 is 23.2 Å². The summed E-state index contributed by atoms with van der Waals surface area (Å²) in [5.41, 5.74) is 1.97. The number of amides is 1. The fourth-order valence-electron chi connectivity index (χ4n) is 3.15. The molecule has 26 heavy (non-hydrogen) atoms. The van der Waals surface area contributed by atoms with Gasteiger partial charge in [0.2, 0.25) is 0 Å². The Kier molecular flexibility index (Phi) is 4.57. The van der Waals surface area contributed by atoms with Crippen LogP contribution >= 0.6 is 11.6 Å². The van der Waals surface area contributed by atoms with Crippen LogP contribution in [0.2, 0.25) is 5.02 Å². The Morgan fingerprint density at radius 1 is 1.23 bits per heavy atom. The minimum absolute atomic E-state index is 0.0573. The second-order valence-corrected chi connectivity index (χ2v) is 6.66. The third kappa shape index (κ3) is 3.27. The largest absolute Gasteiger partial charge is 0.336 e. The highest BCUT2D eigenvalue weighted by Crippen LogP contribution is 2.20. The van der Waals surface area contributed by atoms with Crippen molar-refractivity contribution in [1.82, 2.24) is 24.4 Å². The summed E-state index contributed by atoms with van der Waals surface area (Å²) in [5, 5.41) is 4.60. The van der Waals surface area contributed by atoms with Crippen molar-refractivity contribution in [3.63, 3.8) is 0 Å². The van der Waals surface area contributed by atoms with Crippen LogP contribution in [0.3, 0.4) is 0 Å². The van der Waals surface area contributed by atoms with Gasteiger partial charge in [-0.15, -0.1) is 0 Å². The standard InChI is InChI=1S/C18H17ClFN5O/c19-16-10-14(20)3-2-13(16)12-23-6-8-24(9-7-23)18(26)15-11-22-25-5-1-4-21-17(15)25/h1-5,10-11H,6-9,12H2. The maximum atomic E-state index is 13.2. The number of carbonyl (C=O) groups excluding carboxylic acids is 1. The van der Waals surface area contributed by atoms with Crippen molar-refractivity contribution < 1.29 is 9.18 Å². The van der Waals surface area contributed by atoms with Gasteiger partial charge in [0.25, 0.3) is 5.91 Å². The van der Waals surface area contributed by atoms with Gasteiger partial charge in [-0.1, -0.05) is 17.7 Å². The van der Waals surface area contributed by atoms with Gasteiger partial charge in [-0.25, -0.2) is 13.9 Å². The maximum Gasteiger partial charge on any atom is 0.259 e. The zero-order valence-corrected chi connectivity index (χ0v) is 14.7. The third-order valence-electron chi connectivity index (χ3n) is 4.58. The second kappa shape index (κ2) is 7.01. The number of fused-ring (bicyclic) bond motifs is 1. The van der Waals surface area contributed by atoms with Gasteiger partial charge < -0.3 is 4.90 Å². The van der Waals surface area contributed by atoms with Crippen molar-refractivity contribution in [2.45, 2.75) is 6.54 Å². The molecule has 0 bridgehead atoms. The molecule has 1 aliphatic rings. The molecule has 8 heteroatoms. The quantitative estimate of drug-likeness (QED) is 0.707. The first-order valence-electron chi connectivity index (χ1n) is 8.36. The molecular formula is C18H17ClFN5O. The molecule has 0 N–H and O–H groups in total. The van der Waals surface area contributed by atoms with E-state index in [1.165, 1.54) is 12.1 Å². The first kappa shape index (κ1) is 16.9. The molecule has 1 aliphatic heterocycles. The fourth-order valence-corrected chi connectivity index (χ4v) is 3.38. The summed E-state index contributed by atoms with van der Waals surface area (Å²) < 4.78 is 14.8. The molecule has 1 amide bonds. The summed E-state index contributed by atoms with van der Waals surface area (Å²) in [5.74, 6) is -0.394. The second-order valence-electron chi connectivity index (χ2n) is 6.25. The van der Waals surface area contributed by atoms with E-state index in [0.29, 0.717) is 35.9 Å². The average Bonchev–Trinajstić information content (AvgIpc) is 3.08. The highest BCUT2D eigenvalue weighted by molar-refractivity contribution is 6.31. The lowest BCUT2D eigenvalue weighted by molar-refractivity contribution is 0.0630. The van der Waals surface area contributed by atoms with Crippen molar-refractivity contribution in [3.05, 3.63) is 64.8 Å². The number of rotatable bonds is 3. The van der Waals surface area contributed by atoms with Gasteiger partial charge in [0.1, 0.15) is 11.4 Å². The van der Waals surface area contributed by atoms with E-state index < -0.39 is 0 Å². The fraction of sp³-hybridized carbons (Fsp3) is 0.278. The number of halogens is 2. The number of hydrogen-bond donors (Lipinski definition) is 0. The van der Waals surface area contributed by atoms with Crippen LogP contribution in [0.4, 0.5) is 4.39 Å². The Morgan fingerprint density at radius 3 is 2.81 bits per heavy atom. The van der Waals surface area contributed by atoms with Gasteiger partial charge in [-0.2, -0.15) is 5.10 Å². The van der Waals surface area contributed by atoms with Crippen LogP contribution in [0.1, 0.15) is 15.9 Å². The first-order chi connectivity index (χ1) is 12.6. The summed E-state index contributed by atoms with van der Waals surface area (Å²) in [4.78, 5) is 21.0. The first-order valence-corrected chi connectivity index (χ1v) is 8.73. The van der Waals surface area contributed by atoms with Crippen LogP contribution in [0.25, 0.3) is 5.65 Å². The topological polar surface area (TPSA) is 53.7 Å². The average molecular weight is 374 g/mol. The molecule has 4 rings (SSSR count). The van der Waals surface area contributed by atoms with Gasteiger partial charge in [0.05, 0.1) is 6.20 Å². The number of hydrogen-bond acceptors (Lipinski definition) is 4. The number of nitrogens with zero attached hydrogens (tertiary/aromatic N) is 5. The zero-order chi connectivity index (χ0) is 18.1. The highest BCUT2D eigenvalue weighted by Gasteiger charge is 2.25. The lowest BCUT2D eigenvalue weighted by Gasteiger charge is -2.34. The Balaban J connectivity index is 1.41. The molecule has 1 saturated heterocycles. The number of carbonyl (C=O) groups is 1. The highest BCUT2D eigenvalue weighted by atomic mass is 35.5. The molecular weight excluding hydrogens is 357 g/mol. The van der Waals surface area contributed by atoms with E-state index in [-0.39, 0.29) is 11.7 Å². The predicted octanol–water partition coefficient (Wildman–Crippen LogP) is 2.48. The van der Waals surface area contributed by atoms with Crippen LogP contribution < -0.4 is 0 Å². The van der Waals surface area contributed by atoms with E-state index in [1.54, 1.807) is 35.2 Å². The van der Waals surface area contributed by atoms with Gasteiger partial charge in [-0.05, 0) is 23.8 Å². The smallest absolute Gasteiger partial charge is 0.259 e. The molecule has 134 valence electrons. The molecule has 0 aliphatic carbocycles. The summed E-state index contributed by atoms with van der Waals surface area (Å²) in [7, 11) is 0. The Labute approximate surface area is 154 Å². The molecule has 2 aromatic heterocycles. The molecule has 3 aromatic rings. The van der Waals surface area contributed by atoms with Gasteiger partial charge in [-0.3, -0.25) is 9.69 Å². The van der Waals surface area contributed by atoms with Crippen LogP contribution in [0, 0.1) is 5.82 Å². The summed E-state index contributed by atoms with van der Waals surface area (Å²) >= 11 is 6.10. The molecule has 0 saturated carbocycles. The molecule has 1 aromatic carbocycles. The van der Waals surface area contributed by atoms with Crippen LogP contribution in [-0.4, -0.2) is 56.5 Å². The van der Waals surface area contributed by atoms with Crippen LogP contribution in [0.15, 0.2) is 42.9 Å². The summed E-state index contributed by atoms with van der Waals surface area (Å²) in [6.45, 7) is 3.32. The molecule has 0 atom stereocenters. The molecule has 3 heterocycles. The monoisotopic (exact) mass is 373 g/mol.